The summed E-state index contributed by atoms with van der Waals surface area (Å²) in [6.45, 7) is 7.29. The normalized spacial score (nSPS) is 24.2. The van der Waals surface area contributed by atoms with Crippen LogP contribution in [0.4, 0.5) is 19.1 Å². The number of aromatic amines is 1. The molecule has 6 N–H and O–H groups in total. The molecule has 0 amide bonds. The number of H-pyrrole nitrogens is 1. The van der Waals surface area contributed by atoms with Gasteiger partial charge in [-0.2, -0.15) is 4.98 Å². The molecule has 43 heavy (non-hydrogen) atoms. The number of nitrogens with two attached hydrogens (primary N) is 1. The average molecular weight is 642 g/mol. The van der Waals surface area contributed by atoms with Crippen molar-refractivity contribution in [2.75, 3.05) is 12.3 Å². The van der Waals surface area contributed by atoms with Gasteiger partial charge in [0.1, 0.15) is 18.2 Å². The summed E-state index contributed by atoms with van der Waals surface area (Å²) in [5.74, 6) is -2.17. The van der Waals surface area contributed by atoms with Gasteiger partial charge in [0.2, 0.25) is 5.95 Å². The minimum absolute atomic E-state index is 0.312. The molecule has 0 saturated carbocycles. The van der Waals surface area contributed by atoms with E-state index >= 15 is 4.39 Å². The van der Waals surface area contributed by atoms with Crippen LogP contribution in [-0.2, 0) is 32.9 Å². The Labute approximate surface area is 243 Å². The molecule has 16 nitrogen and oxygen atoms in total. The molecule has 20 heteroatoms. The van der Waals surface area contributed by atoms with Gasteiger partial charge in [0, 0.05) is 0 Å². The van der Waals surface area contributed by atoms with Crippen molar-refractivity contribution in [3.8, 4) is 0 Å². The quantitative estimate of drug-likeness (QED) is 0.152. The first-order valence-electron chi connectivity index (χ1n) is 13.1. The van der Waals surface area contributed by atoms with Gasteiger partial charge >= 0.3 is 19.6 Å². The van der Waals surface area contributed by atoms with E-state index in [0.29, 0.717) is 0 Å². The second kappa shape index (κ2) is 13.3. The Morgan fingerprint density at radius 2 is 1.70 bits per heavy atom. The lowest BCUT2D eigenvalue weighted by Gasteiger charge is -2.33. The summed E-state index contributed by atoms with van der Waals surface area (Å²) in [6, 6.07) is -2.72. The molecule has 1 saturated heterocycles. The molecule has 1 aliphatic heterocycles. The van der Waals surface area contributed by atoms with Gasteiger partial charge in [-0.1, -0.05) is 0 Å². The van der Waals surface area contributed by atoms with Gasteiger partial charge in [-0.3, -0.25) is 28.5 Å². The Morgan fingerprint density at radius 3 is 2.19 bits per heavy atom. The number of nitrogen functional groups attached to an aromatic ring is 1. The number of fused-ring (bicyclic) bond motifs is 1. The van der Waals surface area contributed by atoms with E-state index in [1.54, 1.807) is 27.7 Å². The van der Waals surface area contributed by atoms with Crippen LogP contribution in [0.3, 0.4) is 0 Å². The third-order valence-corrected chi connectivity index (χ3v) is 8.07. The molecule has 2 aromatic heterocycles. The van der Waals surface area contributed by atoms with Crippen LogP contribution in [0.15, 0.2) is 11.1 Å². The van der Waals surface area contributed by atoms with E-state index in [1.807, 2.05) is 0 Å². The van der Waals surface area contributed by atoms with Crippen molar-refractivity contribution in [2.45, 2.75) is 96.4 Å². The Hall–Kier alpha value is -3.09. The van der Waals surface area contributed by atoms with Crippen LogP contribution in [0, 0.1) is 0 Å². The first-order chi connectivity index (χ1) is 19.9. The fourth-order valence-corrected chi connectivity index (χ4v) is 5.91. The van der Waals surface area contributed by atoms with Crippen LogP contribution in [0.25, 0.3) is 11.2 Å². The first kappa shape index (κ1) is 34.4. The zero-order valence-corrected chi connectivity index (χ0v) is 25.0. The summed E-state index contributed by atoms with van der Waals surface area (Å²) in [7, 11) is -4.68. The molecule has 3 heterocycles. The lowest BCUT2D eigenvalue weighted by Crippen LogP contribution is -2.53. The van der Waals surface area contributed by atoms with Crippen molar-refractivity contribution >= 4 is 36.7 Å². The lowest BCUT2D eigenvalue weighted by atomic mass is 9.97. The van der Waals surface area contributed by atoms with Gasteiger partial charge in [-0.15, -0.1) is 0 Å². The zero-order chi connectivity index (χ0) is 32.4. The lowest BCUT2D eigenvalue weighted by molar-refractivity contribution is -0.191. The van der Waals surface area contributed by atoms with Gasteiger partial charge < -0.3 is 29.6 Å². The van der Waals surface area contributed by atoms with Gasteiger partial charge in [-0.05, 0) is 41.5 Å². The van der Waals surface area contributed by atoms with E-state index in [4.69, 9.17) is 24.5 Å². The average Bonchev–Trinajstić information content (AvgIpc) is 3.41. The predicted octanol–water partition coefficient (Wildman–Crippen LogP) is 0.918. The van der Waals surface area contributed by atoms with Gasteiger partial charge in [0.15, 0.2) is 29.2 Å². The van der Waals surface area contributed by atoms with Crippen LogP contribution < -0.4 is 21.5 Å². The SMILES string of the molecule is CC(C)OC(=O)[C@H](C)NP(=O)(N[C@@H](C)C(=O)OC(C)C)OC[C@@]1(C(F)F)O[C@@H](n2cnc3c(=O)[nH]c(N)nc32)[C@@H](F)[C@@H]1O. The highest BCUT2D eigenvalue weighted by Gasteiger charge is 2.62. The number of nitrogens with zero attached hydrogens (tertiary/aromatic N) is 3. The topological polar surface area (TPSA) is 222 Å². The number of esters is 2. The molecule has 6 atom stereocenters. The highest BCUT2D eigenvalue weighted by Crippen LogP contribution is 2.47. The number of carbonyl (C=O) groups is 2. The number of alkyl halides is 3. The number of aromatic nitrogens is 4. The summed E-state index contributed by atoms with van der Waals surface area (Å²) in [5, 5.41) is 15.3. The number of carbonyl (C=O) groups excluding carboxylic acids is 2. The number of hydrogen-bond donors (Lipinski definition) is 5. The molecular weight excluding hydrogens is 606 g/mol. The molecule has 0 spiro atoms. The summed E-state index contributed by atoms with van der Waals surface area (Å²) in [5.41, 5.74) is 0.965. The van der Waals surface area contributed by atoms with Crippen LogP contribution >= 0.6 is 7.67 Å². The summed E-state index contributed by atoms with van der Waals surface area (Å²) >= 11 is 0. The number of imidazole rings is 1. The van der Waals surface area contributed by atoms with E-state index in [1.165, 1.54) is 13.8 Å². The molecule has 1 fully saturated rings. The predicted molar refractivity (Wildman–Crippen MR) is 144 cm³/mol. The van der Waals surface area contributed by atoms with Crippen molar-refractivity contribution in [1.29, 1.82) is 0 Å². The van der Waals surface area contributed by atoms with E-state index in [2.05, 4.69) is 25.1 Å². The smallest absolute Gasteiger partial charge is 0.342 e. The molecule has 1 aliphatic rings. The van der Waals surface area contributed by atoms with E-state index in [-0.39, 0.29) is 17.1 Å². The van der Waals surface area contributed by atoms with Crippen molar-refractivity contribution in [1.82, 2.24) is 29.7 Å². The highest BCUT2D eigenvalue weighted by molar-refractivity contribution is 7.54. The fourth-order valence-electron chi connectivity index (χ4n) is 4.08. The summed E-state index contributed by atoms with van der Waals surface area (Å²) < 4.78 is 80.1. The third kappa shape index (κ3) is 7.53. The number of aliphatic hydroxyl groups is 1. The van der Waals surface area contributed by atoms with Gasteiger partial charge in [0.05, 0.1) is 25.1 Å². The number of aliphatic hydroxyl groups excluding tert-OH is 1. The van der Waals surface area contributed by atoms with Crippen molar-refractivity contribution in [3.63, 3.8) is 0 Å². The van der Waals surface area contributed by atoms with Crippen LogP contribution in [-0.4, -0.2) is 91.8 Å². The Kier molecular flexibility index (Phi) is 10.6. The minimum atomic E-state index is -4.68. The number of anilines is 1. The molecule has 0 unspecified atom stereocenters. The van der Waals surface area contributed by atoms with Crippen LogP contribution in [0.5, 0.6) is 0 Å². The Bertz CT molecular complexity index is 1390. The molecule has 0 bridgehead atoms. The van der Waals surface area contributed by atoms with Crippen molar-refractivity contribution in [3.05, 3.63) is 16.7 Å². The third-order valence-electron chi connectivity index (χ3n) is 6.12. The molecular formula is C23H35F3N7O9P. The minimum Gasteiger partial charge on any atom is -0.462 e. The number of nitrogens with one attached hydrogen (secondary N) is 3. The van der Waals surface area contributed by atoms with Crippen LogP contribution in [0.1, 0.15) is 47.8 Å². The van der Waals surface area contributed by atoms with E-state index < -0.39 is 86.6 Å². The molecule has 0 aromatic carbocycles. The molecule has 0 aliphatic carbocycles. The zero-order valence-electron chi connectivity index (χ0n) is 24.1. The molecule has 242 valence electrons. The number of halogens is 3. The fraction of sp³-hybridized carbons (Fsp3) is 0.696. The summed E-state index contributed by atoms with van der Waals surface area (Å²) in [4.78, 5) is 46.7. The maximum absolute atomic E-state index is 15.4. The van der Waals surface area contributed by atoms with Crippen molar-refractivity contribution in [2.24, 2.45) is 0 Å². The molecule has 3 rings (SSSR count). The molecule has 0 radical (unpaired) electrons. The molecule has 2 aromatic rings. The largest absolute Gasteiger partial charge is 0.462 e. The Balaban J connectivity index is 1.94. The van der Waals surface area contributed by atoms with Gasteiger partial charge in [-0.25, -0.2) is 28.3 Å². The second-order valence-electron chi connectivity index (χ2n) is 10.4. The second-order valence-corrected chi connectivity index (χ2v) is 12.3. The highest BCUT2D eigenvalue weighted by atomic mass is 31.2. The first-order valence-corrected chi connectivity index (χ1v) is 14.7. The number of hydrogen-bond acceptors (Lipinski definition) is 12. The Morgan fingerprint density at radius 1 is 1.16 bits per heavy atom. The maximum Gasteiger partial charge on any atom is 0.342 e. The van der Waals surface area contributed by atoms with E-state index in [9.17, 15) is 32.8 Å². The number of ether oxygens (including phenoxy) is 3. The van der Waals surface area contributed by atoms with Crippen molar-refractivity contribution < 1.29 is 51.2 Å². The van der Waals surface area contributed by atoms with Crippen LogP contribution in [0.2, 0.25) is 0 Å². The standard InChI is InChI=1S/C23H35F3N7O9P/c1-9(2)40-19(36)11(5)31-43(38,32-12(6)20(37)41-10(3)4)39-7-23(21(25)26)15(34)13(24)18(42-23)33-8-28-14-16(33)29-22(27)30-17(14)35/h8-13,15,18,21,34H,7H2,1-6H3,(H2,31,32,38)(H3,27,29,30,35)/t11-,12-,13-,15-,18+,23+/m0/s1. The monoisotopic (exact) mass is 641 g/mol. The number of rotatable bonds is 13. The van der Waals surface area contributed by atoms with Gasteiger partial charge in [0.25, 0.3) is 12.0 Å². The summed E-state index contributed by atoms with van der Waals surface area (Å²) in [6.07, 6.45) is -11.0. The van der Waals surface area contributed by atoms with E-state index in [0.717, 1.165) is 10.9 Å². The maximum atomic E-state index is 15.4.